The highest BCUT2D eigenvalue weighted by Crippen LogP contribution is 2.38. The largest absolute Gasteiger partial charge is 0.444 e. The van der Waals surface area contributed by atoms with Crippen molar-refractivity contribution < 1.29 is 14.3 Å². The van der Waals surface area contributed by atoms with E-state index in [1.807, 2.05) is 26.8 Å². The molecule has 1 aliphatic rings. The minimum atomic E-state index is -0.506. The smallest absolute Gasteiger partial charge is 0.410 e. The number of rotatable bonds is 4. The molecule has 1 aliphatic carbocycles. The zero-order chi connectivity index (χ0) is 19.5. The highest BCUT2D eigenvalue weighted by Gasteiger charge is 2.33. The SMILES string of the molecule is Cc1ccc([C@@]2(CCN(C)C(=O)OC(C)(C)C)C=CC(=O)CC2)cc1C. The van der Waals surface area contributed by atoms with Crippen LogP contribution < -0.4 is 0 Å². The zero-order valence-corrected chi connectivity index (χ0v) is 16.9. The fraction of sp³-hybridized carbons (Fsp3) is 0.545. The van der Waals surface area contributed by atoms with Gasteiger partial charge in [0.05, 0.1) is 0 Å². The van der Waals surface area contributed by atoms with Gasteiger partial charge in [0, 0.05) is 25.4 Å². The Morgan fingerprint density at radius 2 is 1.92 bits per heavy atom. The van der Waals surface area contributed by atoms with Gasteiger partial charge in [-0.15, -0.1) is 0 Å². The van der Waals surface area contributed by atoms with E-state index in [0.717, 1.165) is 12.8 Å². The van der Waals surface area contributed by atoms with Gasteiger partial charge in [0.2, 0.25) is 0 Å². The second-order valence-electron chi connectivity index (χ2n) is 8.41. The van der Waals surface area contributed by atoms with E-state index in [2.05, 4.69) is 32.0 Å². The van der Waals surface area contributed by atoms with Gasteiger partial charge in [0.25, 0.3) is 0 Å². The van der Waals surface area contributed by atoms with Gasteiger partial charge in [0.15, 0.2) is 5.78 Å². The van der Waals surface area contributed by atoms with Crippen molar-refractivity contribution in [3.63, 3.8) is 0 Å². The normalized spacial score (nSPS) is 20.2. The van der Waals surface area contributed by atoms with Crippen LogP contribution in [0.3, 0.4) is 0 Å². The van der Waals surface area contributed by atoms with Crippen molar-refractivity contribution in [1.82, 2.24) is 4.90 Å². The predicted octanol–water partition coefficient (Wildman–Crippen LogP) is 4.72. The quantitative estimate of drug-likeness (QED) is 0.783. The summed E-state index contributed by atoms with van der Waals surface area (Å²) >= 11 is 0. The number of benzene rings is 1. The molecular weight excluding hydrogens is 326 g/mol. The number of nitrogens with zero attached hydrogens (tertiary/aromatic N) is 1. The van der Waals surface area contributed by atoms with Crippen molar-refractivity contribution in [3.8, 4) is 0 Å². The van der Waals surface area contributed by atoms with Crippen LogP contribution in [0.25, 0.3) is 0 Å². The molecule has 0 unspecified atom stereocenters. The molecule has 0 aliphatic heterocycles. The molecule has 142 valence electrons. The van der Waals surface area contributed by atoms with Gasteiger partial charge in [-0.25, -0.2) is 4.79 Å². The number of hydrogen-bond acceptors (Lipinski definition) is 3. The standard InChI is InChI=1S/C22H31NO3/c1-16-7-8-18(15-17(16)2)22(11-9-19(24)10-12-22)13-14-23(6)20(25)26-21(3,4)5/h7-9,11,15H,10,12-14H2,1-6H3/t22-/m0/s1. The van der Waals surface area contributed by atoms with E-state index in [-0.39, 0.29) is 17.3 Å². The van der Waals surface area contributed by atoms with Crippen molar-refractivity contribution >= 4 is 11.9 Å². The van der Waals surface area contributed by atoms with Crippen LogP contribution in [0, 0.1) is 13.8 Å². The van der Waals surface area contributed by atoms with Gasteiger partial charge in [-0.1, -0.05) is 24.3 Å². The maximum Gasteiger partial charge on any atom is 0.410 e. The van der Waals surface area contributed by atoms with Crippen LogP contribution in [-0.4, -0.2) is 36.0 Å². The molecule has 1 aromatic rings. The van der Waals surface area contributed by atoms with Crippen molar-refractivity contribution in [2.75, 3.05) is 13.6 Å². The fourth-order valence-corrected chi connectivity index (χ4v) is 3.21. The van der Waals surface area contributed by atoms with Gasteiger partial charge >= 0.3 is 6.09 Å². The summed E-state index contributed by atoms with van der Waals surface area (Å²) in [5, 5.41) is 0. The third kappa shape index (κ3) is 4.96. The van der Waals surface area contributed by atoms with Crippen LogP contribution in [0.5, 0.6) is 0 Å². The Labute approximate surface area is 157 Å². The van der Waals surface area contributed by atoms with Crippen molar-refractivity contribution in [2.24, 2.45) is 0 Å². The summed E-state index contributed by atoms with van der Waals surface area (Å²) in [7, 11) is 1.76. The molecule has 0 aromatic heterocycles. The molecule has 0 spiro atoms. The Balaban J connectivity index is 2.21. The Kier molecular flexibility index (Phi) is 5.94. The molecule has 0 radical (unpaired) electrons. The zero-order valence-electron chi connectivity index (χ0n) is 16.9. The highest BCUT2D eigenvalue weighted by atomic mass is 16.6. The van der Waals surface area contributed by atoms with Crippen LogP contribution in [0.1, 0.15) is 56.7 Å². The van der Waals surface area contributed by atoms with E-state index < -0.39 is 5.60 Å². The van der Waals surface area contributed by atoms with Crippen molar-refractivity contribution in [3.05, 3.63) is 47.0 Å². The highest BCUT2D eigenvalue weighted by molar-refractivity contribution is 5.91. The lowest BCUT2D eigenvalue weighted by atomic mass is 9.70. The summed E-state index contributed by atoms with van der Waals surface area (Å²) in [6.07, 6.45) is 5.49. The summed E-state index contributed by atoms with van der Waals surface area (Å²) in [4.78, 5) is 25.6. The number of carbonyl (C=O) groups excluding carboxylic acids is 2. The summed E-state index contributed by atoms with van der Waals surface area (Å²) in [6, 6.07) is 6.49. The first-order valence-corrected chi connectivity index (χ1v) is 9.26. The lowest BCUT2D eigenvalue weighted by molar-refractivity contribution is -0.115. The van der Waals surface area contributed by atoms with Gasteiger partial charge in [0.1, 0.15) is 5.60 Å². The fourth-order valence-electron chi connectivity index (χ4n) is 3.21. The first kappa shape index (κ1) is 20.2. The lowest BCUT2D eigenvalue weighted by Crippen LogP contribution is -2.38. The maximum atomic E-state index is 12.3. The molecule has 0 saturated carbocycles. The first-order valence-electron chi connectivity index (χ1n) is 9.26. The topological polar surface area (TPSA) is 46.6 Å². The first-order chi connectivity index (χ1) is 12.0. The third-order valence-electron chi connectivity index (χ3n) is 5.09. The van der Waals surface area contributed by atoms with E-state index in [1.165, 1.54) is 16.7 Å². The number of hydrogen-bond donors (Lipinski definition) is 0. The second-order valence-corrected chi connectivity index (χ2v) is 8.41. The molecule has 4 heteroatoms. The summed E-state index contributed by atoms with van der Waals surface area (Å²) in [5.41, 5.74) is 2.98. The van der Waals surface area contributed by atoms with E-state index >= 15 is 0 Å². The molecular formula is C22H31NO3. The molecule has 1 aromatic carbocycles. The third-order valence-corrected chi connectivity index (χ3v) is 5.09. The van der Waals surface area contributed by atoms with Crippen LogP contribution >= 0.6 is 0 Å². The van der Waals surface area contributed by atoms with Crippen LogP contribution in [0.2, 0.25) is 0 Å². The molecule has 1 atom stereocenters. The minimum Gasteiger partial charge on any atom is -0.444 e. The Morgan fingerprint density at radius 3 is 2.46 bits per heavy atom. The second kappa shape index (κ2) is 7.65. The average Bonchev–Trinajstić information content (AvgIpc) is 2.55. The monoisotopic (exact) mass is 357 g/mol. The number of ether oxygens (including phenoxy) is 1. The van der Waals surface area contributed by atoms with Crippen molar-refractivity contribution in [2.45, 2.75) is 64.9 Å². The van der Waals surface area contributed by atoms with Gasteiger partial charge in [-0.2, -0.15) is 0 Å². The summed E-state index contributed by atoms with van der Waals surface area (Å²) in [6.45, 7) is 10.4. The lowest BCUT2D eigenvalue weighted by Gasteiger charge is -2.35. The Bertz CT molecular complexity index is 715. The van der Waals surface area contributed by atoms with E-state index in [0.29, 0.717) is 13.0 Å². The molecule has 0 bridgehead atoms. The number of ketones is 1. The van der Waals surface area contributed by atoms with Gasteiger partial charge in [-0.3, -0.25) is 4.79 Å². The van der Waals surface area contributed by atoms with E-state index in [4.69, 9.17) is 4.74 Å². The molecule has 4 nitrogen and oxygen atoms in total. The van der Waals surface area contributed by atoms with E-state index in [1.54, 1.807) is 18.0 Å². The molecule has 2 rings (SSSR count). The van der Waals surface area contributed by atoms with Crippen LogP contribution in [0.15, 0.2) is 30.4 Å². The summed E-state index contributed by atoms with van der Waals surface area (Å²) in [5.74, 6) is 0.171. The number of aryl methyl sites for hydroxylation is 2. The molecule has 1 amide bonds. The van der Waals surface area contributed by atoms with Gasteiger partial charge < -0.3 is 9.64 Å². The maximum absolute atomic E-state index is 12.3. The number of allylic oxidation sites excluding steroid dienone is 2. The predicted molar refractivity (Wildman–Crippen MR) is 104 cm³/mol. The number of carbonyl (C=O) groups is 2. The van der Waals surface area contributed by atoms with Gasteiger partial charge in [-0.05, 0) is 70.2 Å². The molecule has 26 heavy (non-hydrogen) atoms. The number of amides is 1. The molecule has 0 fully saturated rings. The molecule has 0 saturated heterocycles. The molecule has 0 N–H and O–H groups in total. The van der Waals surface area contributed by atoms with E-state index in [9.17, 15) is 9.59 Å². The molecule has 0 heterocycles. The van der Waals surface area contributed by atoms with Crippen LogP contribution in [0.4, 0.5) is 4.79 Å². The Hall–Kier alpha value is -2.10. The van der Waals surface area contributed by atoms with Crippen LogP contribution in [-0.2, 0) is 14.9 Å². The van der Waals surface area contributed by atoms with Crippen molar-refractivity contribution in [1.29, 1.82) is 0 Å². The average molecular weight is 357 g/mol. The Morgan fingerprint density at radius 1 is 1.23 bits per heavy atom. The summed E-state index contributed by atoms with van der Waals surface area (Å²) < 4.78 is 5.44. The minimum absolute atomic E-state index is 0.171.